The van der Waals surface area contributed by atoms with Crippen LogP contribution in [0.2, 0.25) is 0 Å². The van der Waals surface area contributed by atoms with Crippen molar-refractivity contribution in [3.63, 3.8) is 0 Å². The van der Waals surface area contributed by atoms with Crippen LogP contribution in [0.15, 0.2) is 48.5 Å². The monoisotopic (exact) mass is 461 g/mol. The Labute approximate surface area is 199 Å². The molecule has 0 saturated carbocycles. The number of likely N-dealkylation sites (tertiary alicyclic amines) is 1. The Kier molecular flexibility index (Phi) is 5.77. The van der Waals surface area contributed by atoms with Gasteiger partial charge >= 0.3 is 6.03 Å². The van der Waals surface area contributed by atoms with E-state index >= 15 is 0 Å². The first-order valence-corrected chi connectivity index (χ1v) is 11.9. The van der Waals surface area contributed by atoms with Gasteiger partial charge in [0.05, 0.1) is 31.2 Å². The van der Waals surface area contributed by atoms with Gasteiger partial charge in [-0.15, -0.1) is 0 Å². The highest BCUT2D eigenvalue weighted by Crippen LogP contribution is 2.38. The van der Waals surface area contributed by atoms with E-state index in [1.807, 2.05) is 56.4 Å². The Balaban J connectivity index is 1.31. The molecular weight excluding hydrogens is 430 g/mol. The molecule has 2 aliphatic rings. The molecule has 0 unspecified atom stereocenters. The third-order valence-electron chi connectivity index (χ3n) is 7.34. The van der Waals surface area contributed by atoms with Gasteiger partial charge in [-0.05, 0) is 49.6 Å². The van der Waals surface area contributed by atoms with E-state index in [0.29, 0.717) is 25.1 Å². The van der Waals surface area contributed by atoms with Gasteiger partial charge in [0.15, 0.2) is 0 Å². The van der Waals surface area contributed by atoms with E-state index < -0.39 is 5.54 Å². The van der Waals surface area contributed by atoms with Gasteiger partial charge in [-0.2, -0.15) is 0 Å². The highest BCUT2D eigenvalue weighted by atomic mass is 16.5. The molecule has 34 heavy (non-hydrogen) atoms. The number of carbonyl (C=O) groups excluding carboxylic acids is 2. The van der Waals surface area contributed by atoms with Crippen LogP contribution in [0.5, 0.6) is 5.75 Å². The molecule has 0 N–H and O–H groups in total. The fraction of sp³-hybridized carbons (Fsp3) is 0.423. The number of likely N-dealkylation sites (N-methyl/N-ethyl adjacent to an activating group) is 1. The molecule has 3 heterocycles. The van der Waals surface area contributed by atoms with Crippen molar-refractivity contribution in [1.82, 2.24) is 24.3 Å². The van der Waals surface area contributed by atoms with Crippen LogP contribution in [0.3, 0.4) is 0 Å². The molecule has 2 aliphatic heterocycles. The average molecular weight is 462 g/mol. The molecule has 1 aromatic heterocycles. The van der Waals surface area contributed by atoms with Crippen molar-refractivity contribution in [2.24, 2.45) is 7.05 Å². The molecule has 0 radical (unpaired) electrons. The van der Waals surface area contributed by atoms with E-state index in [0.717, 1.165) is 42.1 Å². The second kappa shape index (κ2) is 8.76. The second-order valence-corrected chi connectivity index (χ2v) is 9.15. The van der Waals surface area contributed by atoms with Crippen molar-refractivity contribution in [1.29, 1.82) is 0 Å². The fourth-order valence-electron chi connectivity index (χ4n) is 5.41. The van der Waals surface area contributed by atoms with Crippen LogP contribution in [0.4, 0.5) is 4.79 Å². The molecule has 2 aromatic carbocycles. The Morgan fingerprint density at radius 3 is 2.50 bits per heavy atom. The van der Waals surface area contributed by atoms with E-state index in [-0.39, 0.29) is 18.5 Å². The van der Waals surface area contributed by atoms with Gasteiger partial charge in [0, 0.05) is 26.7 Å². The first kappa shape index (κ1) is 22.4. The number of benzene rings is 2. The summed E-state index contributed by atoms with van der Waals surface area (Å²) in [5.74, 6) is 1.65. The summed E-state index contributed by atoms with van der Waals surface area (Å²) in [6, 6.07) is 15.5. The summed E-state index contributed by atoms with van der Waals surface area (Å²) < 4.78 is 7.44. The van der Waals surface area contributed by atoms with Crippen molar-refractivity contribution < 1.29 is 14.3 Å². The molecule has 3 amide bonds. The lowest BCUT2D eigenvalue weighted by Crippen LogP contribution is -2.56. The van der Waals surface area contributed by atoms with Crippen LogP contribution >= 0.6 is 0 Å². The summed E-state index contributed by atoms with van der Waals surface area (Å²) in [4.78, 5) is 37.3. The number of methoxy groups -OCH3 is 1. The number of urea groups is 1. The van der Waals surface area contributed by atoms with Crippen LogP contribution < -0.4 is 4.74 Å². The van der Waals surface area contributed by atoms with Gasteiger partial charge in [-0.1, -0.05) is 24.3 Å². The number of imide groups is 1. The number of aromatic nitrogens is 2. The number of nitrogens with zero attached hydrogens (tertiary/aromatic N) is 5. The molecule has 2 saturated heterocycles. The molecule has 3 aromatic rings. The van der Waals surface area contributed by atoms with E-state index in [4.69, 9.17) is 9.72 Å². The summed E-state index contributed by atoms with van der Waals surface area (Å²) in [6.45, 7) is 4.94. The predicted molar refractivity (Wildman–Crippen MR) is 129 cm³/mol. The number of carbonyl (C=O) groups is 2. The quantitative estimate of drug-likeness (QED) is 0.526. The van der Waals surface area contributed by atoms with Crippen LogP contribution in [-0.4, -0.2) is 68.5 Å². The predicted octanol–water partition coefficient (Wildman–Crippen LogP) is 3.40. The number of amides is 3. The molecule has 1 spiro atoms. The number of fused-ring (bicyclic) bond motifs is 1. The molecule has 5 rings (SSSR count). The van der Waals surface area contributed by atoms with E-state index in [9.17, 15) is 9.59 Å². The minimum Gasteiger partial charge on any atom is -0.497 e. The normalized spacial score (nSPS) is 18.4. The van der Waals surface area contributed by atoms with Gasteiger partial charge < -0.3 is 14.2 Å². The minimum absolute atomic E-state index is 0.0791. The largest absolute Gasteiger partial charge is 0.497 e. The van der Waals surface area contributed by atoms with E-state index in [2.05, 4.69) is 15.5 Å². The lowest BCUT2D eigenvalue weighted by Gasteiger charge is -2.41. The maximum Gasteiger partial charge on any atom is 0.327 e. The van der Waals surface area contributed by atoms with Crippen molar-refractivity contribution in [2.45, 2.75) is 38.4 Å². The SMILES string of the molecule is CCN1C(=O)N(Cc2cccc(OC)c2)C(=O)C12CCN(Cc1nc3ccccc3n1C)CC2. The van der Waals surface area contributed by atoms with Crippen LogP contribution in [-0.2, 0) is 24.9 Å². The van der Waals surface area contributed by atoms with Crippen molar-refractivity contribution in [2.75, 3.05) is 26.7 Å². The number of hydrogen-bond donors (Lipinski definition) is 0. The van der Waals surface area contributed by atoms with E-state index in [1.165, 1.54) is 4.90 Å². The Morgan fingerprint density at radius 2 is 1.79 bits per heavy atom. The minimum atomic E-state index is -0.756. The summed E-state index contributed by atoms with van der Waals surface area (Å²) >= 11 is 0. The number of imidazole rings is 1. The van der Waals surface area contributed by atoms with Crippen LogP contribution in [0.1, 0.15) is 31.2 Å². The van der Waals surface area contributed by atoms with Gasteiger partial charge in [0.2, 0.25) is 0 Å². The zero-order valence-electron chi connectivity index (χ0n) is 20.0. The standard InChI is InChI=1S/C26H31N5O3/c1-4-31-25(33)30(17-19-8-7-9-20(16-19)34-3)24(32)26(31)12-14-29(15-13-26)18-23-27-21-10-5-6-11-22(21)28(23)2/h5-11,16H,4,12-15,17-18H2,1-3H3. The zero-order valence-corrected chi connectivity index (χ0v) is 20.0. The molecule has 0 bridgehead atoms. The molecular formula is C26H31N5O3. The molecule has 0 aliphatic carbocycles. The van der Waals surface area contributed by atoms with Crippen molar-refractivity contribution in [3.8, 4) is 5.75 Å². The van der Waals surface area contributed by atoms with Gasteiger partial charge in [-0.3, -0.25) is 14.6 Å². The summed E-state index contributed by atoms with van der Waals surface area (Å²) in [5.41, 5.74) is 2.24. The second-order valence-electron chi connectivity index (χ2n) is 9.15. The summed E-state index contributed by atoms with van der Waals surface area (Å²) in [7, 11) is 3.66. The van der Waals surface area contributed by atoms with Crippen molar-refractivity contribution >= 4 is 23.0 Å². The van der Waals surface area contributed by atoms with Crippen molar-refractivity contribution in [3.05, 3.63) is 59.9 Å². The smallest absolute Gasteiger partial charge is 0.327 e. The fourth-order valence-corrected chi connectivity index (χ4v) is 5.41. The van der Waals surface area contributed by atoms with Gasteiger partial charge in [0.1, 0.15) is 17.1 Å². The molecule has 8 nitrogen and oxygen atoms in total. The summed E-state index contributed by atoms with van der Waals surface area (Å²) in [5, 5.41) is 0. The van der Waals surface area contributed by atoms with Crippen LogP contribution in [0.25, 0.3) is 11.0 Å². The third kappa shape index (κ3) is 3.62. The number of para-hydroxylation sites is 2. The molecule has 2 fully saturated rings. The highest BCUT2D eigenvalue weighted by molar-refractivity contribution is 6.07. The average Bonchev–Trinajstić information content (AvgIpc) is 3.27. The number of ether oxygens (including phenoxy) is 1. The third-order valence-corrected chi connectivity index (χ3v) is 7.34. The maximum atomic E-state index is 13.7. The number of hydrogen-bond acceptors (Lipinski definition) is 5. The molecule has 0 atom stereocenters. The Hall–Kier alpha value is -3.39. The first-order valence-electron chi connectivity index (χ1n) is 11.9. The number of rotatable bonds is 6. The Bertz CT molecular complexity index is 1230. The maximum absolute atomic E-state index is 13.7. The number of aryl methyl sites for hydroxylation is 1. The lowest BCUT2D eigenvalue weighted by atomic mass is 9.85. The van der Waals surface area contributed by atoms with Crippen LogP contribution in [0, 0.1) is 0 Å². The number of piperidine rings is 1. The first-order chi connectivity index (χ1) is 16.5. The molecule has 8 heteroatoms. The highest BCUT2D eigenvalue weighted by Gasteiger charge is 2.57. The lowest BCUT2D eigenvalue weighted by molar-refractivity contribution is -0.136. The van der Waals surface area contributed by atoms with E-state index in [1.54, 1.807) is 12.0 Å². The summed E-state index contributed by atoms with van der Waals surface area (Å²) in [6.07, 6.45) is 1.26. The Morgan fingerprint density at radius 1 is 1.03 bits per heavy atom. The van der Waals surface area contributed by atoms with Gasteiger partial charge in [0.25, 0.3) is 5.91 Å². The topological polar surface area (TPSA) is 70.9 Å². The molecule has 178 valence electrons. The zero-order chi connectivity index (χ0) is 23.9. The van der Waals surface area contributed by atoms with Gasteiger partial charge in [-0.25, -0.2) is 9.78 Å².